The average molecular weight is 294 g/mol. The van der Waals surface area contributed by atoms with E-state index in [-0.39, 0.29) is 0 Å². The molecule has 2 aromatic heterocycles. The smallest absolute Gasteiger partial charge is 0.140 e. The summed E-state index contributed by atoms with van der Waals surface area (Å²) in [5, 5.41) is 3.30. The minimum atomic E-state index is 0.310. The van der Waals surface area contributed by atoms with Crippen LogP contribution in [0.5, 0.6) is 0 Å². The van der Waals surface area contributed by atoms with Gasteiger partial charge in [0, 0.05) is 29.6 Å². The molecule has 1 aliphatic rings. The van der Waals surface area contributed by atoms with Gasteiger partial charge in [0.25, 0.3) is 0 Å². The number of nitrogens with zero attached hydrogens (tertiary/aromatic N) is 2. The normalized spacial score (nSPS) is 17.0. The number of hydrogen-bond acceptors (Lipinski definition) is 3. The summed E-state index contributed by atoms with van der Waals surface area (Å²) in [7, 11) is 0. The molecule has 1 unspecified atom stereocenters. The number of hydrogen-bond donors (Lipinski definition) is 2. The fourth-order valence-corrected chi connectivity index (χ4v) is 3.28. The van der Waals surface area contributed by atoms with E-state index in [0.717, 1.165) is 39.5 Å². The van der Waals surface area contributed by atoms with Crippen LogP contribution >= 0.6 is 12.2 Å². The summed E-state index contributed by atoms with van der Waals surface area (Å²) >= 11 is 5.41. The van der Waals surface area contributed by atoms with Crippen molar-refractivity contribution < 1.29 is 0 Å². The molecule has 0 bridgehead atoms. The average Bonchev–Trinajstić information content (AvgIpc) is 3.04. The van der Waals surface area contributed by atoms with Crippen LogP contribution in [-0.4, -0.2) is 19.9 Å². The summed E-state index contributed by atoms with van der Waals surface area (Å²) in [5.74, 6) is 1.15. The third kappa shape index (κ3) is 1.93. The maximum absolute atomic E-state index is 5.41. The Balaban J connectivity index is 1.86. The van der Waals surface area contributed by atoms with Crippen molar-refractivity contribution in [3.63, 3.8) is 0 Å². The highest BCUT2D eigenvalue weighted by atomic mass is 32.1. The van der Waals surface area contributed by atoms with Crippen LogP contribution < -0.4 is 5.32 Å². The van der Waals surface area contributed by atoms with Gasteiger partial charge in [0.05, 0.1) is 16.0 Å². The third-order valence-corrected chi connectivity index (χ3v) is 4.33. The predicted octanol–water partition coefficient (Wildman–Crippen LogP) is 3.87. The van der Waals surface area contributed by atoms with Gasteiger partial charge < -0.3 is 10.3 Å². The van der Waals surface area contributed by atoms with Crippen molar-refractivity contribution in [2.24, 2.45) is 0 Å². The highest BCUT2D eigenvalue weighted by Gasteiger charge is 2.26. The molecule has 0 spiro atoms. The first-order chi connectivity index (χ1) is 10.3. The number of anilines is 1. The topological polar surface area (TPSA) is 53.6 Å². The summed E-state index contributed by atoms with van der Waals surface area (Å²) in [6, 6.07) is 8.15. The zero-order chi connectivity index (χ0) is 14.4. The molecule has 5 heteroatoms. The number of aromatic amines is 1. The number of pyridine rings is 1. The van der Waals surface area contributed by atoms with E-state index in [1.165, 1.54) is 5.56 Å². The highest BCUT2D eigenvalue weighted by Crippen LogP contribution is 2.38. The van der Waals surface area contributed by atoms with Crippen molar-refractivity contribution in [3.8, 4) is 11.4 Å². The molecule has 0 radical (unpaired) electrons. The van der Waals surface area contributed by atoms with Gasteiger partial charge in [-0.2, -0.15) is 0 Å². The standard InChI is InChI=1S/C16H14N4S/c1-2-10-11-6-13-14(7-12(11)20-16(10)21)19-15(18-13)9-4-3-5-17-8-9/h3-8,10H,2H2,1H3,(H,18,19)(H,20,21). The van der Waals surface area contributed by atoms with Crippen molar-refractivity contribution in [3.05, 3.63) is 42.2 Å². The van der Waals surface area contributed by atoms with Gasteiger partial charge in [-0.25, -0.2) is 4.98 Å². The zero-order valence-electron chi connectivity index (χ0n) is 11.6. The molecular weight excluding hydrogens is 280 g/mol. The second kappa shape index (κ2) is 4.63. The number of fused-ring (bicyclic) bond motifs is 2. The number of imidazole rings is 1. The molecular formula is C16H14N4S. The van der Waals surface area contributed by atoms with E-state index >= 15 is 0 Å². The molecule has 0 aliphatic carbocycles. The van der Waals surface area contributed by atoms with E-state index < -0.39 is 0 Å². The molecule has 1 aromatic carbocycles. The molecule has 1 atom stereocenters. The van der Waals surface area contributed by atoms with E-state index in [1.54, 1.807) is 6.20 Å². The van der Waals surface area contributed by atoms with Gasteiger partial charge in [0.2, 0.25) is 0 Å². The SMILES string of the molecule is CCC1C(=S)Nc2cc3nc(-c4cccnc4)[nH]c3cc21. The Kier molecular flexibility index (Phi) is 2.75. The second-order valence-electron chi connectivity index (χ2n) is 5.23. The van der Waals surface area contributed by atoms with Gasteiger partial charge in [-0.15, -0.1) is 0 Å². The number of H-pyrrole nitrogens is 1. The molecule has 4 nitrogen and oxygen atoms in total. The van der Waals surface area contributed by atoms with Gasteiger partial charge in [0.1, 0.15) is 5.82 Å². The van der Waals surface area contributed by atoms with Crippen LogP contribution in [0.2, 0.25) is 0 Å². The summed E-state index contributed by atoms with van der Waals surface area (Å²) < 4.78 is 0. The third-order valence-electron chi connectivity index (χ3n) is 3.95. The lowest BCUT2D eigenvalue weighted by Gasteiger charge is -2.05. The first-order valence-electron chi connectivity index (χ1n) is 7.01. The van der Waals surface area contributed by atoms with E-state index in [9.17, 15) is 0 Å². The Labute approximate surface area is 127 Å². The quantitative estimate of drug-likeness (QED) is 0.704. The Morgan fingerprint density at radius 3 is 3.00 bits per heavy atom. The van der Waals surface area contributed by atoms with Crippen molar-refractivity contribution in [2.75, 3.05) is 5.32 Å². The number of nitrogens with one attached hydrogen (secondary N) is 2. The maximum Gasteiger partial charge on any atom is 0.140 e. The summed E-state index contributed by atoms with van der Waals surface area (Å²) in [6.07, 6.45) is 4.58. The number of thiocarbonyl (C=S) groups is 1. The fourth-order valence-electron chi connectivity index (χ4n) is 2.88. The minimum Gasteiger partial charge on any atom is -0.349 e. The fraction of sp³-hybridized carbons (Fsp3) is 0.188. The van der Waals surface area contributed by atoms with Gasteiger partial charge in [-0.3, -0.25) is 4.98 Å². The van der Waals surface area contributed by atoms with Crippen LogP contribution in [-0.2, 0) is 0 Å². The summed E-state index contributed by atoms with van der Waals surface area (Å²) in [6.45, 7) is 2.16. The van der Waals surface area contributed by atoms with Crippen molar-refractivity contribution >= 4 is 33.9 Å². The Morgan fingerprint density at radius 2 is 2.24 bits per heavy atom. The van der Waals surface area contributed by atoms with Gasteiger partial charge >= 0.3 is 0 Å². The number of rotatable bonds is 2. The lowest BCUT2D eigenvalue weighted by atomic mass is 9.98. The first-order valence-corrected chi connectivity index (χ1v) is 7.42. The molecule has 2 N–H and O–H groups in total. The Hall–Kier alpha value is -2.27. The van der Waals surface area contributed by atoms with Gasteiger partial charge in [-0.05, 0) is 36.2 Å². The summed E-state index contributed by atoms with van der Waals surface area (Å²) in [4.78, 5) is 13.1. The molecule has 0 fully saturated rings. The van der Waals surface area contributed by atoms with Crippen LogP contribution in [0.3, 0.4) is 0 Å². The lowest BCUT2D eigenvalue weighted by Crippen LogP contribution is -2.07. The monoisotopic (exact) mass is 294 g/mol. The lowest BCUT2D eigenvalue weighted by molar-refractivity contribution is 0.872. The van der Waals surface area contributed by atoms with Crippen molar-refractivity contribution in [1.29, 1.82) is 0 Å². The number of aromatic nitrogens is 3. The molecule has 21 heavy (non-hydrogen) atoms. The van der Waals surface area contributed by atoms with E-state index in [0.29, 0.717) is 5.92 Å². The van der Waals surface area contributed by atoms with Crippen LogP contribution in [0, 0.1) is 0 Å². The Bertz CT molecular complexity index is 838. The van der Waals surface area contributed by atoms with Gasteiger partial charge in [0.15, 0.2) is 0 Å². The molecule has 1 aliphatic heterocycles. The molecule has 0 saturated carbocycles. The van der Waals surface area contributed by atoms with Crippen LogP contribution in [0.25, 0.3) is 22.4 Å². The maximum atomic E-state index is 5.41. The van der Waals surface area contributed by atoms with E-state index in [2.05, 4.69) is 39.3 Å². The second-order valence-corrected chi connectivity index (χ2v) is 5.67. The number of benzene rings is 1. The largest absolute Gasteiger partial charge is 0.349 e. The van der Waals surface area contributed by atoms with Crippen molar-refractivity contribution in [1.82, 2.24) is 15.0 Å². The molecule has 3 heterocycles. The molecule has 3 aromatic rings. The van der Waals surface area contributed by atoms with Crippen LogP contribution in [0.15, 0.2) is 36.7 Å². The Morgan fingerprint density at radius 1 is 1.33 bits per heavy atom. The van der Waals surface area contributed by atoms with Crippen LogP contribution in [0.1, 0.15) is 24.8 Å². The van der Waals surface area contributed by atoms with Gasteiger partial charge in [-0.1, -0.05) is 19.1 Å². The zero-order valence-corrected chi connectivity index (χ0v) is 12.4. The van der Waals surface area contributed by atoms with E-state index in [4.69, 9.17) is 12.2 Å². The summed E-state index contributed by atoms with van der Waals surface area (Å²) in [5.41, 5.74) is 5.32. The van der Waals surface area contributed by atoms with Crippen LogP contribution in [0.4, 0.5) is 5.69 Å². The molecule has 4 rings (SSSR count). The van der Waals surface area contributed by atoms with E-state index in [1.807, 2.05) is 18.3 Å². The molecule has 0 amide bonds. The molecule has 0 saturated heterocycles. The molecule has 104 valence electrons. The first kappa shape index (κ1) is 12.5. The predicted molar refractivity (Wildman–Crippen MR) is 88.6 cm³/mol. The highest BCUT2D eigenvalue weighted by molar-refractivity contribution is 7.80. The minimum absolute atomic E-state index is 0.310. The van der Waals surface area contributed by atoms with Crippen molar-refractivity contribution in [2.45, 2.75) is 19.3 Å².